The first-order valence-corrected chi connectivity index (χ1v) is 13.6. The number of thiophene rings is 2. The van der Waals surface area contributed by atoms with Crippen molar-refractivity contribution < 1.29 is 24.2 Å². The van der Waals surface area contributed by atoms with Crippen LogP contribution in [-0.4, -0.2) is 70.1 Å². The summed E-state index contributed by atoms with van der Waals surface area (Å²) in [4.78, 5) is 43.9. The molecular weight excluding hydrogens is 486 g/mol. The topological polar surface area (TPSA) is 90.4 Å². The fourth-order valence-electron chi connectivity index (χ4n) is 4.29. The second-order valence-corrected chi connectivity index (χ2v) is 12.5. The van der Waals surface area contributed by atoms with Crippen LogP contribution in [0.2, 0.25) is 0 Å². The zero-order valence-corrected chi connectivity index (χ0v) is 22.2. The molecule has 2 aromatic rings. The van der Waals surface area contributed by atoms with E-state index in [1.807, 2.05) is 38.2 Å². The molecule has 0 bridgehead atoms. The van der Waals surface area contributed by atoms with E-state index in [2.05, 4.69) is 11.0 Å². The van der Waals surface area contributed by atoms with E-state index in [-0.39, 0.29) is 6.09 Å². The molecule has 2 aromatic heterocycles. The predicted octanol–water partition coefficient (Wildman–Crippen LogP) is 4.84. The summed E-state index contributed by atoms with van der Waals surface area (Å²) in [6, 6.07) is 4.07. The van der Waals surface area contributed by atoms with Gasteiger partial charge in [-0.05, 0) is 76.4 Å². The number of amides is 2. The Hall–Kier alpha value is -2.43. The van der Waals surface area contributed by atoms with E-state index in [1.165, 1.54) is 55.9 Å². The minimum atomic E-state index is -0.800. The van der Waals surface area contributed by atoms with Gasteiger partial charge in [-0.25, -0.2) is 9.59 Å². The first-order valence-electron chi connectivity index (χ1n) is 12.0. The normalized spacial score (nSPS) is 17.5. The van der Waals surface area contributed by atoms with Gasteiger partial charge in [0.25, 0.3) is 0 Å². The highest BCUT2D eigenvalue weighted by molar-refractivity contribution is 7.13. The van der Waals surface area contributed by atoms with Gasteiger partial charge in [0.05, 0.1) is 18.0 Å². The maximum absolute atomic E-state index is 11.9. The zero-order chi connectivity index (χ0) is 25.2. The molecule has 35 heavy (non-hydrogen) atoms. The quantitative estimate of drug-likeness (QED) is 0.584. The third-order valence-electron chi connectivity index (χ3n) is 6.17. The Labute approximate surface area is 214 Å². The summed E-state index contributed by atoms with van der Waals surface area (Å²) in [5.41, 5.74) is 1.82. The lowest BCUT2D eigenvalue weighted by Crippen LogP contribution is -2.39. The van der Waals surface area contributed by atoms with Crippen molar-refractivity contribution in [3.8, 4) is 0 Å². The highest BCUT2D eigenvalue weighted by atomic mass is 32.1. The maximum Gasteiger partial charge on any atom is 0.410 e. The van der Waals surface area contributed by atoms with Crippen LogP contribution in [0.4, 0.5) is 9.59 Å². The van der Waals surface area contributed by atoms with Crippen molar-refractivity contribution in [1.29, 1.82) is 0 Å². The molecule has 0 unspecified atom stereocenters. The second kappa shape index (κ2) is 10.7. The van der Waals surface area contributed by atoms with Crippen molar-refractivity contribution in [2.45, 2.75) is 65.3 Å². The van der Waals surface area contributed by atoms with Gasteiger partial charge in [0.2, 0.25) is 0 Å². The maximum atomic E-state index is 11.9. The number of rotatable bonds is 3. The van der Waals surface area contributed by atoms with Crippen LogP contribution < -0.4 is 0 Å². The van der Waals surface area contributed by atoms with Crippen molar-refractivity contribution in [3.63, 3.8) is 0 Å². The van der Waals surface area contributed by atoms with Gasteiger partial charge in [-0.1, -0.05) is 0 Å². The molecular formula is C25H33N3O5S2. The summed E-state index contributed by atoms with van der Waals surface area (Å²) in [7, 11) is 0. The van der Waals surface area contributed by atoms with E-state index in [9.17, 15) is 14.4 Å². The lowest BCUT2D eigenvalue weighted by Gasteiger charge is -2.29. The smallest absolute Gasteiger partial charge is 0.410 e. The Balaban J connectivity index is 0.000000165. The van der Waals surface area contributed by atoms with Crippen LogP contribution in [0.1, 0.15) is 62.6 Å². The van der Waals surface area contributed by atoms with E-state index in [1.54, 1.807) is 4.90 Å². The van der Waals surface area contributed by atoms with Gasteiger partial charge in [-0.3, -0.25) is 9.69 Å². The Morgan fingerprint density at radius 2 is 1.63 bits per heavy atom. The molecule has 0 aromatic carbocycles. The van der Waals surface area contributed by atoms with Gasteiger partial charge >= 0.3 is 12.2 Å². The molecule has 0 saturated carbocycles. The largest absolute Gasteiger partial charge is 0.465 e. The van der Waals surface area contributed by atoms with Crippen molar-refractivity contribution in [3.05, 3.63) is 42.8 Å². The Kier molecular flexibility index (Phi) is 7.83. The molecule has 1 saturated heterocycles. The molecule has 8 nitrogen and oxygen atoms in total. The van der Waals surface area contributed by atoms with Crippen molar-refractivity contribution >= 4 is 41.1 Å². The molecule has 190 valence electrons. The van der Waals surface area contributed by atoms with Crippen molar-refractivity contribution in [2.75, 3.05) is 26.2 Å². The molecule has 5 heterocycles. The molecule has 3 aliphatic heterocycles. The number of carbonyl (C=O) groups is 3. The van der Waals surface area contributed by atoms with E-state index in [0.29, 0.717) is 26.2 Å². The number of aldehydes is 1. The van der Waals surface area contributed by atoms with Crippen LogP contribution in [0.3, 0.4) is 0 Å². The number of ether oxygens (including phenoxy) is 1. The van der Waals surface area contributed by atoms with Crippen LogP contribution in [0, 0.1) is 0 Å². The first kappa shape index (κ1) is 25.7. The van der Waals surface area contributed by atoms with Crippen molar-refractivity contribution in [1.82, 2.24) is 14.7 Å². The van der Waals surface area contributed by atoms with Gasteiger partial charge in [0.15, 0.2) is 6.29 Å². The number of hydrogen-bond donors (Lipinski definition) is 1. The highest BCUT2D eigenvalue weighted by Crippen LogP contribution is 2.30. The number of hydrogen-bond acceptors (Lipinski definition) is 7. The Morgan fingerprint density at radius 1 is 1.00 bits per heavy atom. The predicted molar refractivity (Wildman–Crippen MR) is 136 cm³/mol. The van der Waals surface area contributed by atoms with Gasteiger partial charge in [0.1, 0.15) is 5.60 Å². The number of nitrogens with zero attached hydrogens (tertiary/aromatic N) is 3. The van der Waals surface area contributed by atoms with Gasteiger partial charge < -0.3 is 19.6 Å². The first-order chi connectivity index (χ1) is 16.6. The fourth-order valence-corrected chi connectivity index (χ4v) is 6.49. The van der Waals surface area contributed by atoms with Crippen LogP contribution in [0.25, 0.3) is 0 Å². The van der Waals surface area contributed by atoms with Gasteiger partial charge in [0, 0.05) is 34.3 Å². The zero-order valence-electron chi connectivity index (χ0n) is 20.5. The van der Waals surface area contributed by atoms with E-state index in [4.69, 9.17) is 9.84 Å². The SMILES string of the molecule is CC(C)(C)OC(=O)N1CCc2sc(C=O)cc2C1.O=C(O)N1CCc2sc(CN3CCC3)cc2C1. The van der Waals surface area contributed by atoms with E-state index < -0.39 is 11.7 Å². The Morgan fingerprint density at radius 3 is 2.23 bits per heavy atom. The minimum absolute atomic E-state index is 0.285. The molecule has 1 fully saturated rings. The minimum Gasteiger partial charge on any atom is -0.465 e. The lowest BCUT2D eigenvalue weighted by atomic mass is 10.1. The average Bonchev–Trinajstić information content (AvgIpc) is 3.37. The third kappa shape index (κ3) is 6.62. The lowest BCUT2D eigenvalue weighted by molar-refractivity contribution is 0.0225. The fraction of sp³-hybridized carbons (Fsp3) is 0.560. The molecule has 0 radical (unpaired) electrons. The molecule has 0 spiro atoms. The van der Waals surface area contributed by atoms with Crippen LogP contribution in [0.15, 0.2) is 12.1 Å². The van der Waals surface area contributed by atoms with Crippen molar-refractivity contribution in [2.24, 2.45) is 0 Å². The van der Waals surface area contributed by atoms with E-state index >= 15 is 0 Å². The standard InChI is InChI=1S/C13H17NO3S.C12H16N2O2S/c1-13(2,3)17-12(16)14-5-4-11-9(7-14)6-10(8-15)18-11;15-12(16)14-5-2-11-9(7-14)6-10(17-11)8-13-3-1-4-13/h6,8H,4-5,7H2,1-3H3;6H,1-5,7-8H2,(H,15,16). The summed E-state index contributed by atoms with van der Waals surface area (Å²) in [6.45, 7) is 11.4. The molecule has 10 heteroatoms. The van der Waals surface area contributed by atoms with E-state index in [0.717, 1.165) is 36.1 Å². The molecule has 1 N–H and O–H groups in total. The number of fused-ring (bicyclic) bond motifs is 2. The van der Waals surface area contributed by atoms with Crippen LogP contribution in [0.5, 0.6) is 0 Å². The average molecular weight is 520 g/mol. The third-order valence-corrected chi connectivity index (χ3v) is 8.55. The second-order valence-electron chi connectivity index (χ2n) is 10.1. The van der Waals surface area contributed by atoms with Crippen LogP contribution in [-0.2, 0) is 37.2 Å². The summed E-state index contributed by atoms with van der Waals surface area (Å²) in [6.07, 6.45) is 2.77. The summed E-state index contributed by atoms with van der Waals surface area (Å²) in [5, 5.41) is 8.98. The van der Waals surface area contributed by atoms with Crippen LogP contribution >= 0.6 is 22.7 Å². The monoisotopic (exact) mass is 519 g/mol. The molecule has 5 rings (SSSR count). The molecule has 2 amide bonds. The molecule has 0 atom stereocenters. The van der Waals surface area contributed by atoms with Gasteiger partial charge in [-0.2, -0.15) is 0 Å². The molecule has 0 aliphatic carbocycles. The summed E-state index contributed by atoms with van der Waals surface area (Å²) < 4.78 is 5.35. The highest BCUT2D eigenvalue weighted by Gasteiger charge is 2.27. The summed E-state index contributed by atoms with van der Waals surface area (Å²) >= 11 is 3.38. The number of likely N-dealkylation sites (tertiary alicyclic amines) is 1. The summed E-state index contributed by atoms with van der Waals surface area (Å²) in [5.74, 6) is 0. The molecule has 3 aliphatic rings. The number of carbonyl (C=O) groups excluding carboxylic acids is 2. The number of carboxylic acid groups (broad SMARTS) is 1. The van der Waals surface area contributed by atoms with Gasteiger partial charge in [-0.15, -0.1) is 22.7 Å². The Bertz CT molecular complexity index is 1080.